The number of rotatable bonds is 4. The van der Waals surface area contributed by atoms with Crippen LogP contribution in [0.15, 0.2) is 53.4 Å². The monoisotopic (exact) mass is 304 g/mol. The van der Waals surface area contributed by atoms with Crippen LogP contribution in [-0.4, -0.2) is 21.4 Å². The van der Waals surface area contributed by atoms with Gasteiger partial charge in [0.1, 0.15) is 0 Å². The summed E-state index contributed by atoms with van der Waals surface area (Å²) in [6.07, 6.45) is 0. The molecule has 110 valence electrons. The molecule has 2 N–H and O–H groups in total. The highest BCUT2D eigenvalue weighted by Gasteiger charge is 2.15. The van der Waals surface area contributed by atoms with Crippen molar-refractivity contribution in [2.75, 3.05) is 11.8 Å². The molecule has 1 amide bonds. The SMILES string of the molecule is CNC(=O)c1ccc(C)c(NS(=O)(=O)c2ccccc2)c1. The van der Waals surface area contributed by atoms with Crippen LogP contribution < -0.4 is 10.0 Å². The first-order chi connectivity index (χ1) is 9.94. The molecule has 0 atom stereocenters. The Hall–Kier alpha value is -2.34. The summed E-state index contributed by atoms with van der Waals surface area (Å²) in [5.74, 6) is -0.268. The van der Waals surface area contributed by atoms with E-state index < -0.39 is 10.0 Å². The van der Waals surface area contributed by atoms with Gasteiger partial charge in [0.15, 0.2) is 0 Å². The number of carbonyl (C=O) groups excluding carboxylic acids is 1. The Labute approximate surface area is 124 Å². The van der Waals surface area contributed by atoms with E-state index in [1.165, 1.54) is 25.2 Å². The van der Waals surface area contributed by atoms with Gasteiger partial charge in [-0.25, -0.2) is 8.42 Å². The number of nitrogens with one attached hydrogen (secondary N) is 2. The third-order valence-electron chi connectivity index (χ3n) is 3.02. The van der Waals surface area contributed by atoms with Gasteiger partial charge in [-0.15, -0.1) is 0 Å². The zero-order valence-corrected chi connectivity index (χ0v) is 12.6. The van der Waals surface area contributed by atoms with Gasteiger partial charge < -0.3 is 5.32 Å². The van der Waals surface area contributed by atoms with Crippen molar-refractivity contribution in [3.05, 3.63) is 59.7 Å². The Morgan fingerprint density at radius 2 is 1.71 bits per heavy atom. The second-order valence-electron chi connectivity index (χ2n) is 4.53. The summed E-state index contributed by atoms with van der Waals surface area (Å²) in [7, 11) is -2.14. The fraction of sp³-hybridized carbons (Fsp3) is 0.133. The van der Waals surface area contributed by atoms with Gasteiger partial charge in [-0.3, -0.25) is 9.52 Å². The maximum Gasteiger partial charge on any atom is 0.261 e. The zero-order chi connectivity index (χ0) is 15.5. The summed E-state index contributed by atoms with van der Waals surface area (Å²) in [5, 5.41) is 2.51. The van der Waals surface area contributed by atoms with Crippen LogP contribution >= 0.6 is 0 Å². The maximum absolute atomic E-state index is 12.3. The van der Waals surface area contributed by atoms with E-state index in [-0.39, 0.29) is 10.8 Å². The molecule has 0 saturated carbocycles. The Balaban J connectivity index is 2.37. The molecule has 0 fully saturated rings. The van der Waals surface area contributed by atoms with Crippen molar-refractivity contribution in [3.63, 3.8) is 0 Å². The lowest BCUT2D eigenvalue weighted by Gasteiger charge is -2.12. The summed E-state index contributed by atoms with van der Waals surface area (Å²) in [6.45, 7) is 1.77. The number of carbonyl (C=O) groups is 1. The van der Waals surface area contributed by atoms with Crippen molar-refractivity contribution in [2.24, 2.45) is 0 Å². The molecule has 2 aromatic carbocycles. The highest BCUT2D eigenvalue weighted by molar-refractivity contribution is 7.92. The first-order valence-electron chi connectivity index (χ1n) is 6.34. The number of hydrogen-bond donors (Lipinski definition) is 2. The predicted octanol–water partition coefficient (Wildman–Crippen LogP) is 2.16. The van der Waals surface area contributed by atoms with Gasteiger partial charge in [0.2, 0.25) is 0 Å². The highest BCUT2D eigenvalue weighted by atomic mass is 32.2. The van der Waals surface area contributed by atoms with Crippen LogP contribution in [0.4, 0.5) is 5.69 Å². The molecule has 0 aliphatic heterocycles. The van der Waals surface area contributed by atoms with Gasteiger partial charge in [-0.2, -0.15) is 0 Å². The van der Waals surface area contributed by atoms with Crippen molar-refractivity contribution in [1.29, 1.82) is 0 Å². The second kappa shape index (κ2) is 5.97. The van der Waals surface area contributed by atoms with Gasteiger partial charge in [0, 0.05) is 12.6 Å². The molecular formula is C15H16N2O3S. The lowest BCUT2D eigenvalue weighted by Crippen LogP contribution is -2.19. The molecule has 0 saturated heterocycles. The van der Waals surface area contributed by atoms with Crippen molar-refractivity contribution in [1.82, 2.24) is 5.32 Å². The molecule has 6 heteroatoms. The number of amides is 1. The molecule has 0 aromatic heterocycles. The fourth-order valence-electron chi connectivity index (χ4n) is 1.82. The van der Waals surface area contributed by atoms with Crippen LogP contribution in [0.2, 0.25) is 0 Å². The van der Waals surface area contributed by atoms with Crippen molar-refractivity contribution in [2.45, 2.75) is 11.8 Å². The quantitative estimate of drug-likeness (QED) is 0.909. The van der Waals surface area contributed by atoms with Gasteiger partial charge in [0.05, 0.1) is 10.6 Å². The molecule has 21 heavy (non-hydrogen) atoms. The van der Waals surface area contributed by atoms with Crippen LogP contribution in [0.1, 0.15) is 15.9 Å². The highest BCUT2D eigenvalue weighted by Crippen LogP contribution is 2.21. The van der Waals surface area contributed by atoms with Crippen LogP contribution in [-0.2, 0) is 10.0 Å². The van der Waals surface area contributed by atoms with E-state index in [9.17, 15) is 13.2 Å². The summed E-state index contributed by atoms with van der Waals surface area (Å²) >= 11 is 0. The van der Waals surface area contributed by atoms with Crippen LogP contribution in [0.25, 0.3) is 0 Å². The van der Waals surface area contributed by atoms with Crippen LogP contribution in [0, 0.1) is 6.92 Å². The van der Waals surface area contributed by atoms with Gasteiger partial charge in [-0.1, -0.05) is 24.3 Å². The molecule has 0 aliphatic rings. The standard InChI is InChI=1S/C15H16N2O3S/c1-11-8-9-12(15(18)16-2)10-14(11)17-21(19,20)13-6-4-3-5-7-13/h3-10,17H,1-2H3,(H,16,18). The van der Waals surface area contributed by atoms with Crippen molar-refractivity contribution < 1.29 is 13.2 Å². The molecule has 0 unspecified atom stereocenters. The van der Waals surface area contributed by atoms with Crippen LogP contribution in [0.5, 0.6) is 0 Å². The first kappa shape index (κ1) is 15.1. The number of aryl methyl sites for hydroxylation is 1. The number of benzene rings is 2. The third kappa shape index (κ3) is 3.41. The minimum atomic E-state index is -3.67. The van der Waals surface area contributed by atoms with E-state index in [0.717, 1.165) is 5.56 Å². The molecule has 0 radical (unpaired) electrons. The second-order valence-corrected chi connectivity index (χ2v) is 6.21. The Kier molecular flexibility index (Phi) is 4.28. The Bertz CT molecular complexity index is 756. The smallest absolute Gasteiger partial charge is 0.261 e. The van der Waals surface area contributed by atoms with Gasteiger partial charge in [-0.05, 0) is 36.8 Å². The molecular weight excluding hydrogens is 288 g/mol. The average Bonchev–Trinajstić information content (AvgIpc) is 2.49. The minimum Gasteiger partial charge on any atom is -0.355 e. The van der Waals surface area contributed by atoms with Gasteiger partial charge in [0.25, 0.3) is 15.9 Å². The molecule has 2 aromatic rings. The average molecular weight is 304 g/mol. The summed E-state index contributed by atoms with van der Waals surface area (Å²) in [5.41, 5.74) is 1.52. The van der Waals surface area contributed by atoms with E-state index in [1.54, 1.807) is 37.3 Å². The van der Waals surface area contributed by atoms with Crippen LogP contribution in [0.3, 0.4) is 0 Å². The van der Waals surface area contributed by atoms with Gasteiger partial charge >= 0.3 is 0 Å². The summed E-state index contributed by atoms with van der Waals surface area (Å²) in [4.78, 5) is 11.8. The summed E-state index contributed by atoms with van der Waals surface area (Å²) in [6, 6.07) is 13.0. The number of anilines is 1. The Morgan fingerprint density at radius 3 is 2.33 bits per heavy atom. The number of sulfonamides is 1. The number of hydrogen-bond acceptors (Lipinski definition) is 3. The molecule has 0 heterocycles. The van der Waals surface area contributed by atoms with E-state index >= 15 is 0 Å². The minimum absolute atomic E-state index is 0.176. The third-order valence-corrected chi connectivity index (χ3v) is 4.41. The first-order valence-corrected chi connectivity index (χ1v) is 7.83. The van der Waals surface area contributed by atoms with E-state index in [2.05, 4.69) is 10.0 Å². The Morgan fingerprint density at radius 1 is 1.05 bits per heavy atom. The predicted molar refractivity (Wildman–Crippen MR) is 81.8 cm³/mol. The molecule has 0 spiro atoms. The fourth-order valence-corrected chi connectivity index (χ4v) is 2.96. The zero-order valence-electron chi connectivity index (χ0n) is 11.8. The lowest BCUT2D eigenvalue weighted by atomic mass is 10.1. The van der Waals surface area contributed by atoms with E-state index in [1.807, 2.05) is 0 Å². The lowest BCUT2D eigenvalue weighted by molar-refractivity contribution is 0.0963. The maximum atomic E-state index is 12.3. The molecule has 0 bridgehead atoms. The molecule has 0 aliphatic carbocycles. The topological polar surface area (TPSA) is 75.3 Å². The molecule has 5 nitrogen and oxygen atoms in total. The van der Waals surface area contributed by atoms with Crippen molar-refractivity contribution in [3.8, 4) is 0 Å². The van der Waals surface area contributed by atoms with Crippen molar-refractivity contribution >= 4 is 21.6 Å². The largest absolute Gasteiger partial charge is 0.355 e. The van der Waals surface area contributed by atoms with E-state index in [4.69, 9.17) is 0 Å². The summed E-state index contributed by atoms with van der Waals surface area (Å²) < 4.78 is 27.1. The molecule has 2 rings (SSSR count). The normalized spacial score (nSPS) is 11.0. The van der Waals surface area contributed by atoms with E-state index in [0.29, 0.717) is 11.3 Å².